The minimum atomic E-state index is -0.528. The first-order chi connectivity index (χ1) is 5.22. The standard InChI is InChI=1S/C3H3N3O2.N3/c7-6(8)3-4-1-2-5-3;1-3-2/h1-2H,(H,4,5);/q;-1/p+1. The lowest BCUT2D eigenvalue weighted by atomic mass is 11.0. The van der Waals surface area contributed by atoms with E-state index in [2.05, 4.69) is 9.97 Å². The van der Waals surface area contributed by atoms with Gasteiger partial charge >= 0.3 is 5.95 Å². The average Bonchev–Trinajstić information content (AvgIpc) is 2.38. The van der Waals surface area contributed by atoms with Crippen LogP contribution >= 0.6 is 0 Å². The van der Waals surface area contributed by atoms with E-state index in [-0.39, 0.29) is 5.95 Å². The molecule has 1 heterocycles. The summed E-state index contributed by atoms with van der Waals surface area (Å²) < 4.78 is 0. The highest BCUT2D eigenvalue weighted by molar-refractivity contribution is 4.88. The maximum atomic E-state index is 9.81. The summed E-state index contributed by atoms with van der Waals surface area (Å²) in [6, 6.07) is 0. The number of aromatic amines is 2. The number of nitrogens with one attached hydrogen (secondary N) is 2. The summed E-state index contributed by atoms with van der Waals surface area (Å²) in [4.78, 5) is 15.5. The van der Waals surface area contributed by atoms with Crippen LogP contribution in [0.4, 0.5) is 5.95 Å². The number of H-pyrrole nitrogens is 2. The molecule has 0 spiro atoms. The van der Waals surface area contributed by atoms with Crippen molar-refractivity contribution in [2.24, 2.45) is 0 Å². The number of hydrogen-bond donors (Lipinski definition) is 1. The number of aromatic nitrogens is 2. The summed E-state index contributed by atoms with van der Waals surface area (Å²) >= 11 is 0. The number of imidazole rings is 1. The molecule has 1 aromatic heterocycles. The van der Waals surface area contributed by atoms with Crippen LogP contribution in [0, 0.1) is 10.1 Å². The van der Waals surface area contributed by atoms with Crippen LogP contribution in [0.15, 0.2) is 12.4 Å². The first-order valence-corrected chi connectivity index (χ1v) is 2.40. The quantitative estimate of drug-likeness (QED) is 0.209. The lowest BCUT2D eigenvalue weighted by Gasteiger charge is -1.74. The minimum absolute atomic E-state index is 0.0926. The van der Waals surface area contributed by atoms with Gasteiger partial charge in [-0.25, -0.2) is 0 Å². The Morgan fingerprint density at radius 1 is 1.73 bits per heavy atom. The van der Waals surface area contributed by atoms with Crippen LogP contribution in [0.5, 0.6) is 0 Å². The monoisotopic (exact) mass is 156 g/mol. The molecule has 0 aromatic carbocycles. The van der Waals surface area contributed by atoms with E-state index >= 15 is 0 Å². The van der Waals surface area contributed by atoms with Crippen molar-refractivity contribution in [3.63, 3.8) is 0 Å². The van der Waals surface area contributed by atoms with Gasteiger partial charge in [0.25, 0.3) is 0 Å². The summed E-state index contributed by atoms with van der Waals surface area (Å²) in [5, 5.41) is 9.81. The molecule has 0 bridgehead atoms. The predicted octanol–water partition coefficient (Wildman–Crippen LogP) is 0.603. The van der Waals surface area contributed by atoms with Crippen LogP contribution in [-0.2, 0) is 0 Å². The second kappa shape index (κ2) is 4.77. The van der Waals surface area contributed by atoms with Crippen molar-refractivity contribution in [2.75, 3.05) is 0 Å². The Morgan fingerprint density at radius 3 is 2.45 bits per heavy atom. The van der Waals surface area contributed by atoms with Crippen molar-refractivity contribution in [1.82, 2.24) is 4.98 Å². The summed E-state index contributed by atoms with van der Waals surface area (Å²) in [6.45, 7) is 0. The Morgan fingerprint density at radius 2 is 2.27 bits per heavy atom. The number of rotatable bonds is 1. The molecule has 8 nitrogen and oxygen atoms in total. The third kappa shape index (κ3) is 3.49. The van der Waals surface area contributed by atoms with Crippen LogP contribution in [0.25, 0.3) is 16.0 Å². The Kier molecular flexibility index (Phi) is 3.87. The van der Waals surface area contributed by atoms with E-state index in [1.54, 1.807) is 0 Å². The van der Waals surface area contributed by atoms with Crippen molar-refractivity contribution >= 4 is 5.95 Å². The highest BCUT2D eigenvalue weighted by atomic mass is 16.6. The molecule has 0 saturated carbocycles. The second-order valence-electron chi connectivity index (χ2n) is 1.32. The van der Waals surface area contributed by atoms with Gasteiger partial charge in [-0.05, 0) is 0 Å². The minimum Gasteiger partial charge on any atom is -0.373 e. The largest absolute Gasteiger partial charge is 0.575 e. The van der Waals surface area contributed by atoms with Crippen LogP contribution in [0.2, 0.25) is 0 Å². The molecule has 0 unspecified atom stereocenters. The molecule has 0 fully saturated rings. The Bertz CT molecular complexity index is 247. The molecule has 0 aliphatic carbocycles. The molecule has 11 heavy (non-hydrogen) atoms. The van der Waals surface area contributed by atoms with Crippen molar-refractivity contribution in [3.8, 4) is 0 Å². The first kappa shape index (κ1) is 8.92. The van der Waals surface area contributed by atoms with Gasteiger partial charge in [-0.15, -0.1) is 0 Å². The Labute approximate surface area is 60.4 Å². The van der Waals surface area contributed by atoms with E-state index in [1.807, 2.05) is 0 Å². The third-order valence-corrected chi connectivity index (χ3v) is 0.706. The zero-order chi connectivity index (χ0) is 8.69. The smallest absolute Gasteiger partial charge is 0.373 e. The molecule has 0 aliphatic heterocycles. The summed E-state index contributed by atoms with van der Waals surface area (Å²) in [6.07, 6.45) is 2.91. The van der Waals surface area contributed by atoms with Gasteiger partial charge in [-0.2, -0.15) is 9.97 Å². The topological polar surface area (TPSA) is 132 Å². The normalized spacial score (nSPS) is 7.27. The number of hydrogen-bond acceptors (Lipinski definition) is 2. The van der Waals surface area contributed by atoms with E-state index in [0.717, 1.165) is 0 Å². The van der Waals surface area contributed by atoms with Gasteiger partial charge in [0.05, 0.1) is 4.92 Å². The molecular formula is C3H4N6O2. The van der Waals surface area contributed by atoms with Crippen molar-refractivity contribution in [3.05, 3.63) is 38.5 Å². The van der Waals surface area contributed by atoms with Crippen molar-refractivity contribution in [1.29, 1.82) is 0 Å². The highest BCUT2D eigenvalue weighted by Crippen LogP contribution is 1.90. The molecular weight excluding hydrogens is 152 g/mol. The zero-order valence-electron chi connectivity index (χ0n) is 5.26. The Hall–Kier alpha value is -2.08. The van der Waals surface area contributed by atoms with Gasteiger partial charge in [-0.3, -0.25) is 4.91 Å². The zero-order valence-corrected chi connectivity index (χ0v) is 5.26. The predicted molar refractivity (Wildman–Crippen MR) is 34.1 cm³/mol. The van der Waals surface area contributed by atoms with E-state index in [1.165, 1.54) is 17.3 Å². The Balaban J connectivity index is 0.000000292. The van der Waals surface area contributed by atoms with Gasteiger partial charge < -0.3 is 21.2 Å². The third-order valence-electron chi connectivity index (χ3n) is 0.706. The van der Waals surface area contributed by atoms with E-state index in [9.17, 15) is 10.1 Å². The first-order valence-electron chi connectivity index (χ1n) is 2.40. The van der Waals surface area contributed by atoms with Crippen LogP contribution in [0.1, 0.15) is 0 Å². The molecule has 1 rings (SSSR count). The molecule has 2 N–H and O–H groups in total. The van der Waals surface area contributed by atoms with Crippen molar-refractivity contribution in [2.45, 2.75) is 0 Å². The molecule has 0 amide bonds. The number of nitrogens with zero attached hydrogens (tertiary/aromatic N) is 4. The lowest BCUT2D eigenvalue weighted by Crippen LogP contribution is -2.04. The fourth-order valence-corrected chi connectivity index (χ4v) is 0.388. The molecule has 0 aliphatic rings. The summed E-state index contributed by atoms with van der Waals surface area (Å²) in [5.41, 5.74) is 13.5. The fourth-order valence-electron chi connectivity index (χ4n) is 0.388. The SMILES string of the molecule is O=[N+]([O-])c1[nH]cc[nH+]1.[N-]=[N+]=[N-]. The van der Waals surface area contributed by atoms with E-state index in [4.69, 9.17) is 11.1 Å². The van der Waals surface area contributed by atoms with E-state index in [0.29, 0.717) is 0 Å². The molecule has 8 heteroatoms. The summed E-state index contributed by atoms with van der Waals surface area (Å²) in [5.74, 6) is -0.0926. The summed E-state index contributed by atoms with van der Waals surface area (Å²) in [7, 11) is 0. The lowest BCUT2D eigenvalue weighted by molar-refractivity contribution is -0.528. The van der Waals surface area contributed by atoms with Crippen LogP contribution < -0.4 is 4.98 Å². The maximum Gasteiger partial charge on any atom is 0.575 e. The highest BCUT2D eigenvalue weighted by Gasteiger charge is 2.10. The molecule has 0 radical (unpaired) electrons. The molecule has 1 aromatic rings. The van der Waals surface area contributed by atoms with Gasteiger partial charge in [0.1, 0.15) is 0 Å². The molecule has 0 saturated heterocycles. The van der Waals surface area contributed by atoms with Gasteiger partial charge in [0.2, 0.25) is 0 Å². The van der Waals surface area contributed by atoms with E-state index < -0.39 is 4.92 Å². The van der Waals surface area contributed by atoms with Gasteiger partial charge in [-0.1, -0.05) is 0 Å². The second-order valence-corrected chi connectivity index (χ2v) is 1.32. The fraction of sp³-hybridized carbons (Fsp3) is 0. The molecule has 58 valence electrons. The van der Waals surface area contributed by atoms with Crippen LogP contribution in [-0.4, -0.2) is 9.91 Å². The average molecular weight is 156 g/mol. The molecule has 0 atom stereocenters. The number of nitro groups is 1. The maximum absolute atomic E-state index is 9.81. The van der Waals surface area contributed by atoms with Crippen molar-refractivity contribution < 1.29 is 9.91 Å². The van der Waals surface area contributed by atoms with Gasteiger partial charge in [0, 0.05) is 0 Å². The van der Waals surface area contributed by atoms with Crippen LogP contribution in [0.3, 0.4) is 0 Å². The van der Waals surface area contributed by atoms with Gasteiger partial charge in [0.15, 0.2) is 12.4 Å².